The van der Waals surface area contributed by atoms with Gasteiger partial charge in [0.15, 0.2) is 0 Å². The van der Waals surface area contributed by atoms with Crippen molar-refractivity contribution < 1.29 is 29.0 Å². The quantitative estimate of drug-likeness (QED) is 0.279. The molecule has 0 bridgehead atoms. The maximum absolute atomic E-state index is 13.7. The first-order valence-electron chi connectivity index (χ1n) is 13.4. The monoisotopic (exact) mass is 603 g/mol. The molecular formula is C26H33N7O10. The van der Waals surface area contributed by atoms with Crippen molar-refractivity contribution in [3.05, 3.63) is 71.0 Å². The fourth-order valence-electron chi connectivity index (χ4n) is 4.71. The third-order valence-electron chi connectivity index (χ3n) is 6.62. The van der Waals surface area contributed by atoms with E-state index in [2.05, 4.69) is 15.6 Å². The molecule has 1 fully saturated rings. The van der Waals surface area contributed by atoms with Gasteiger partial charge >= 0.3 is 11.8 Å². The van der Waals surface area contributed by atoms with Crippen LogP contribution in [0.3, 0.4) is 0 Å². The lowest BCUT2D eigenvalue weighted by molar-refractivity contribution is -0.393. The van der Waals surface area contributed by atoms with Crippen LogP contribution in [0.15, 0.2) is 34.0 Å². The van der Waals surface area contributed by atoms with Crippen LogP contribution in [0.4, 0.5) is 21.9 Å². The van der Waals surface area contributed by atoms with Gasteiger partial charge in [-0.25, -0.2) is 9.59 Å². The van der Waals surface area contributed by atoms with Gasteiger partial charge in [-0.05, 0) is 46.6 Å². The number of nitro groups is 2. The van der Waals surface area contributed by atoms with Crippen molar-refractivity contribution in [2.45, 2.75) is 77.6 Å². The number of benzene rings is 1. The van der Waals surface area contributed by atoms with Gasteiger partial charge in [-0.1, -0.05) is 12.8 Å². The van der Waals surface area contributed by atoms with E-state index in [1.807, 2.05) is 0 Å². The Kier molecular flexibility index (Phi) is 10.00. The topological polar surface area (TPSA) is 229 Å². The largest absolute Gasteiger partial charge is 0.444 e. The summed E-state index contributed by atoms with van der Waals surface area (Å²) in [6, 6.07) is 1.33. The molecule has 3 N–H and O–H groups in total. The van der Waals surface area contributed by atoms with Crippen LogP contribution in [0.2, 0.25) is 0 Å². The summed E-state index contributed by atoms with van der Waals surface area (Å²) in [4.78, 5) is 87.8. The number of nitrogens with zero attached hydrogens (tertiary/aromatic N) is 4. The molecule has 0 radical (unpaired) electrons. The van der Waals surface area contributed by atoms with Crippen LogP contribution in [-0.4, -0.2) is 66.4 Å². The Balaban J connectivity index is 1.94. The number of nitrogens with one attached hydrogen (secondary N) is 3. The van der Waals surface area contributed by atoms with E-state index in [1.54, 1.807) is 20.8 Å². The lowest BCUT2D eigenvalue weighted by Crippen LogP contribution is -2.57. The number of amides is 3. The number of carbonyl (C=O) groups excluding carboxylic acids is 3. The number of aromatic nitrogens is 2. The summed E-state index contributed by atoms with van der Waals surface area (Å²) in [5.74, 6) is -1.57. The fraction of sp³-hybridized carbons (Fsp3) is 0.500. The molecule has 17 heteroatoms. The van der Waals surface area contributed by atoms with E-state index >= 15 is 0 Å². The van der Waals surface area contributed by atoms with Crippen LogP contribution in [0.25, 0.3) is 0 Å². The van der Waals surface area contributed by atoms with E-state index in [0.29, 0.717) is 31.7 Å². The highest BCUT2D eigenvalue weighted by Crippen LogP contribution is 2.29. The Morgan fingerprint density at radius 3 is 2.42 bits per heavy atom. The zero-order chi connectivity index (χ0) is 32.1. The average molecular weight is 604 g/mol. The first-order chi connectivity index (χ1) is 20.1. The first kappa shape index (κ1) is 32.4. The highest BCUT2D eigenvalue weighted by molar-refractivity contribution is 5.96. The average Bonchev–Trinajstić information content (AvgIpc) is 2.89. The minimum absolute atomic E-state index is 0.171. The number of non-ortho nitro benzene ring substituents is 1. The molecule has 43 heavy (non-hydrogen) atoms. The van der Waals surface area contributed by atoms with Crippen LogP contribution in [0.5, 0.6) is 0 Å². The van der Waals surface area contributed by atoms with E-state index in [4.69, 9.17) is 4.74 Å². The summed E-state index contributed by atoms with van der Waals surface area (Å²) in [7, 11) is 0. The van der Waals surface area contributed by atoms with E-state index in [9.17, 15) is 44.2 Å². The molecule has 1 heterocycles. The summed E-state index contributed by atoms with van der Waals surface area (Å²) in [6.07, 6.45) is 2.65. The molecule has 3 rings (SSSR count). The second kappa shape index (κ2) is 13.3. The third-order valence-corrected chi connectivity index (χ3v) is 6.62. The Morgan fingerprint density at radius 1 is 1.12 bits per heavy atom. The standard InChI is InChI=1S/C26H33N7O10/c1-15-12-30(24(37)29-23(15)36)14-22(35)31(19-8-6-5-7-17(19)28-25(38)43-26(2,3)4)13-21(34)27-18-10-9-16(32(39)40)11-20(18)33(41)42/h9-12,17,19H,5-8,13-14H2,1-4H3,(H,27,34)(H,28,38)(H,29,36,37)/t17-,19-/m1/s1. The van der Waals surface area contributed by atoms with Crippen LogP contribution >= 0.6 is 0 Å². The molecule has 0 spiro atoms. The van der Waals surface area contributed by atoms with Gasteiger partial charge in [-0.3, -0.25) is 44.2 Å². The number of alkyl carbamates (subject to hydrolysis) is 1. The smallest absolute Gasteiger partial charge is 0.407 e. The fourth-order valence-corrected chi connectivity index (χ4v) is 4.71. The highest BCUT2D eigenvalue weighted by atomic mass is 16.6. The molecule has 1 aliphatic carbocycles. The number of hydrogen-bond donors (Lipinski definition) is 3. The van der Waals surface area contributed by atoms with Crippen molar-refractivity contribution in [1.29, 1.82) is 0 Å². The SMILES string of the molecule is Cc1cn(CC(=O)N(CC(=O)Nc2ccc([N+](=O)[O-])cc2[N+](=O)[O-])[C@@H]2CCCC[C@H]2NC(=O)OC(C)(C)C)c(=O)[nH]c1=O. The summed E-state index contributed by atoms with van der Waals surface area (Å²) in [5.41, 5.74) is -3.70. The molecule has 2 aromatic rings. The molecule has 232 valence electrons. The van der Waals surface area contributed by atoms with Gasteiger partial charge in [-0.15, -0.1) is 0 Å². The highest BCUT2D eigenvalue weighted by Gasteiger charge is 2.36. The molecule has 1 aromatic carbocycles. The predicted molar refractivity (Wildman–Crippen MR) is 152 cm³/mol. The molecule has 1 aliphatic rings. The molecule has 3 amide bonds. The number of H-pyrrole nitrogens is 1. The molecule has 17 nitrogen and oxygen atoms in total. The number of ether oxygens (including phenoxy) is 1. The molecular weight excluding hydrogens is 570 g/mol. The van der Waals surface area contributed by atoms with Gasteiger partial charge in [0.1, 0.15) is 24.4 Å². The van der Waals surface area contributed by atoms with Gasteiger partial charge in [0, 0.05) is 17.8 Å². The molecule has 0 unspecified atom stereocenters. The predicted octanol–water partition coefficient (Wildman–Crippen LogP) is 1.96. The minimum atomic E-state index is -0.890. The van der Waals surface area contributed by atoms with Crippen molar-refractivity contribution in [1.82, 2.24) is 19.8 Å². The number of aromatic amines is 1. The Morgan fingerprint density at radius 2 is 1.79 bits per heavy atom. The zero-order valence-corrected chi connectivity index (χ0v) is 24.1. The molecule has 2 atom stereocenters. The number of hydrogen-bond acceptors (Lipinski definition) is 10. The number of rotatable bonds is 9. The number of nitro benzene ring substituents is 2. The number of carbonyl (C=O) groups is 3. The number of aryl methyl sites for hydroxylation is 1. The van der Waals surface area contributed by atoms with Gasteiger partial charge < -0.3 is 20.3 Å². The van der Waals surface area contributed by atoms with E-state index in [1.165, 1.54) is 18.0 Å². The molecule has 0 saturated heterocycles. The molecule has 0 aliphatic heterocycles. The first-order valence-corrected chi connectivity index (χ1v) is 13.4. The maximum atomic E-state index is 13.7. The van der Waals surface area contributed by atoms with E-state index in [0.717, 1.165) is 16.7 Å². The van der Waals surface area contributed by atoms with Crippen molar-refractivity contribution in [3.63, 3.8) is 0 Å². The van der Waals surface area contributed by atoms with Crippen LogP contribution in [0.1, 0.15) is 52.0 Å². The number of anilines is 1. The summed E-state index contributed by atoms with van der Waals surface area (Å²) < 4.78 is 6.34. The Hall–Kier alpha value is -5.09. The lowest BCUT2D eigenvalue weighted by Gasteiger charge is -2.40. The normalized spacial score (nSPS) is 16.6. The van der Waals surface area contributed by atoms with Crippen molar-refractivity contribution in [2.24, 2.45) is 0 Å². The van der Waals surface area contributed by atoms with E-state index < -0.39 is 81.2 Å². The van der Waals surface area contributed by atoms with Crippen molar-refractivity contribution >= 4 is 35.0 Å². The minimum Gasteiger partial charge on any atom is -0.444 e. The van der Waals surface area contributed by atoms with Crippen LogP contribution in [-0.2, 0) is 20.9 Å². The van der Waals surface area contributed by atoms with E-state index in [-0.39, 0.29) is 11.3 Å². The summed E-state index contributed by atoms with van der Waals surface area (Å²) >= 11 is 0. The maximum Gasteiger partial charge on any atom is 0.407 e. The second-order valence-electron chi connectivity index (χ2n) is 11.1. The van der Waals surface area contributed by atoms with Gasteiger partial charge in [-0.2, -0.15) is 0 Å². The summed E-state index contributed by atoms with van der Waals surface area (Å²) in [5, 5.41) is 27.7. The van der Waals surface area contributed by atoms with Crippen molar-refractivity contribution in [2.75, 3.05) is 11.9 Å². The van der Waals surface area contributed by atoms with Gasteiger partial charge in [0.05, 0.1) is 28.0 Å². The molecule has 1 saturated carbocycles. The van der Waals surface area contributed by atoms with Crippen LogP contribution in [0, 0.1) is 27.2 Å². The Labute approximate surface area is 244 Å². The third kappa shape index (κ3) is 8.70. The second-order valence-corrected chi connectivity index (χ2v) is 11.1. The van der Waals surface area contributed by atoms with Crippen molar-refractivity contribution in [3.8, 4) is 0 Å². The summed E-state index contributed by atoms with van der Waals surface area (Å²) in [6.45, 7) is 5.31. The molecule has 1 aromatic heterocycles. The zero-order valence-electron chi connectivity index (χ0n) is 24.1. The van der Waals surface area contributed by atoms with Gasteiger partial charge in [0.2, 0.25) is 11.8 Å². The lowest BCUT2D eigenvalue weighted by atomic mass is 9.89. The van der Waals surface area contributed by atoms with Gasteiger partial charge in [0.25, 0.3) is 16.9 Å². The van der Waals surface area contributed by atoms with Crippen LogP contribution < -0.4 is 21.9 Å². The Bertz CT molecular complexity index is 1540.